The molecule has 0 radical (unpaired) electrons. The van der Waals surface area contributed by atoms with E-state index < -0.39 is 5.60 Å². The Bertz CT molecular complexity index is 584. The Hall–Kier alpha value is -1.35. The van der Waals surface area contributed by atoms with Crippen molar-refractivity contribution < 1.29 is 14.6 Å². The predicted molar refractivity (Wildman–Crippen MR) is 83.6 cm³/mol. The van der Waals surface area contributed by atoms with E-state index in [1.807, 2.05) is 19.1 Å². The molecule has 0 amide bonds. The number of hydrogen-bond donors (Lipinski definition) is 1. The van der Waals surface area contributed by atoms with Crippen molar-refractivity contribution in [1.82, 2.24) is 0 Å². The van der Waals surface area contributed by atoms with Crippen LogP contribution in [-0.2, 0) is 10.2 Å². The molecule has 0 heterocycles. The molecule has 4 fully saturated rings. The predicted octanol–water partition coefficient (Wildman–Crippen LogP) is 3.30. The summed E-state index contributed by atoms with van der Waals surface area (Å²) in [5, 5.41) is 10.8. The number of methoxy groups -OCH3 is 1. The van der Waals surface area contributed by atoms with Gasteiger partial charge in [0.1, 0.15) is 0 Å². The second kappa shape index (κ2) is 4.58. The fourth-order valence-corrected chi connectivity index (χ4v) is 5.64. The van der Waals surface area contributed by atoms with Gasteiger partial charge in [0.2, 0.25) is 0 Å². The van der Waals surface area contributed by atoms with E-state index in [1.54, 1.807) is 0 Å². The van der Waals surface area contributed by atoms with Crippen LogP contribution in [0.4, 0.5) is 0 Å². The normalized spacial score (nSPS) is 42.4. The molecule has 3 unspecified atom stereocenters. The average molecular weight is 300 g/mol. The number of benzene rings is 1. The zero-order valence-corrected chi connectivity index (χ0v) is 13.3. The van der Waals surface area contributed by atoms with Crippen LogP contribution < -0.4 is 0 Å². The number of hydrogen-bond acceptors (Lipinski definition) is 3. The van der Waals surface area contributed by atoms with E-state index in [-0.39, 0.29) is 11.4 Å². The summed E-state index contributed by atoms with van der Waals surface area (Å²) in [6.45, 7) is 2.05. The van der Waals surface area contributed by atoms with Gasteiger partial charge < -0.3 is 9.84 Å². The highest BCUT2D eigenvalue weighted by Crippen LogP contribution is 2.63. The van der Waals surface area contributed by atoms with Gasteiger partial charge in [-0.05, 0) is 79.9 Å². The topological polar surface area (TPSA) is 46.5 Å². The largest absolute Gasteiger partial charge is 0.465 e. The Balaban J connectivity index is 1.67. The van der Waals surface area contributed by atoms with Crippen molar-refractivity contribution in [3.8, 4) is 0 Å². The van der Waals surface area contributed by atoms with Gasteiger partial charge in [0.05, 0.1) is 18.3 Å². The lowest BCUT2D eigenvalue weighted by Gasteiger charge is -2.63. The van der Waals surface area contributed by atoms with Gasteiger partial charge in [-0.1, -0.05) is 12.1 Å². The summed E-state index contributed by atoms with van der Waals surface area (Å²) >= 11 is 0. The van der Waals surface area contributed by atoms with Gasteiger partial charge in [0, 0.05) is 0 Å². The maximum absolute atomic E-state index is 11.6. The van der Waals surface area contributed by atoms with E-state index in [0.717, 1.165) is 18.8 Å². The molecule has 3 nitrogen and oxygen atoms in total. The third kappa shape index (κ3) is 1.88. The maximum atomic E-state index is 11.6. The van der Waals surface area contributed by atoms with E-state index in [1.165, 1.54) is 31.9 Å². The fraction of sp³-hybridized carbons (Fsp3) is 0.632. The molecule has 5 atom stereocenters. The van der Waals surface area contributed by atoms with Gasteiger partial charge in [-0.3, -0.25) is 0 Å². The van der Waals surface area contributed by atoms with Crippen LogP contribution in [0.2, 0.25) is 0 Å². The first-order chi connectivity index (χ1) is 10.4. The minimum Gasteiger partial charge on any atom is -0.465 e. The molecule has 0 aromatic heterocycles. The highest BCUT2D eigenvalue weighted by molar-refractivity contribution is 5.89. The Morgan fingerprint density at radius 2 is 1.73 bits per heavy atom. The van der Waals surface area contributed by atoms with Gasteiger partial charge in [-0.25, -0.2) is 4.79 Å². The third-order valence-corrected chi connectivity index (χ3v) is 6.76. The smallest absolute Gasteiger partial charge is 0.337 e. The van der Waals surface area contributed by atoms with E-state index in [9.17, 15) is 9.90 Å². The number of carbonyl (C=O) groups is 1. The molecular weight excluding hydrogens is 276 g/mol. The van der Waals surface area contributed by atoms with Crippen LogP contribution in [0.5, 0.6) is 0 Å². The highest BCUT2D eigenvalue weighted by Gasteiger charge is 2.60. The first-order valence-electron chi connectivity index (χ1n) is 8.36. The number of rotatable bonds is 2. The molecule has 0 spiro atoms. The van der Waals surface area contributed by atoms with Crippen LogP contribution in [0.3, 0.4) is 0 Å². The van der Waals surface area contributed by atoms with Crippen molar-refractivity contribution in [2.24, 2.45) is 17.8 Å². The quantitative estimate of drug-likeness (QED) is 0.852. The monoisotopic (exact) mass is 300 g/mol. The Labute approximate surface area is 131 Å². The van der Waals surface area contributed by atoms with Crippen LogP contribution in [0.1, 0.15) is 54.9 Å². The summed E-state index contributed by atoms with van der Waals surface area (Å²) in [6, 6.07) is 7.98. The summed E-state index contributed by atoms with van der Waals surface area (Å²) in [7, 11) is 1.41. The molecule has 3 heteroatoms. The molecular formula is C19H24O3. The molecule has 4 saturated carbocycles. The van der Waals surface area contributed by atoms with Crippen molar-refractivity contribution >= 4 is 5.97 Å². The Morgan fingerprint density at radius 3 is 2.27 bits per heavy atom. The van der Waals surface area contributed by atoms with E-state index in [0.29, 0.717) is 17.4 Å². The summed E-state index contributed by atoms with van der Waals surface area (Å²) < 4.78 is 4.78. The minimum absolute atomic E-state index is 0.216. The fourth-order valence-electron chi connectivity index (χ4n) is 5.64. The van der Waals surface area contributed by atoms with Crippen molar-refractivity contribution in [2.45, 2.75) is 50.0 Å². The highest BCUT2D eigenvalue weighted by atomic mass is 16.5. The van der Waals surface area contributed by atoms with Crippen molar-refractivity contribution in [3.63, 3.8) is 0 Å². The molecule has 1 N–H and O–H groups in total. The van der Waals surface area contributed by atoms with Crippen molar-refractivity contribution in [2.75, 3.05) is 7.11 Å². The van der Waals surface area contributed by atoms with E-state index >= 15 is 0 Å². The van der Waals surface area contributed by atoms with Crippen LogP contribution in [0.25, 0.3) is 0 Å². The minimum atomic E-state index is -0.480. The van der Waals surface area contributed by atoms with Crippen molar-refractivity contribution in [3.05, 3.63) is 35.4 Å². The number of carbonyl (C=O) groups excluding carboxylic acids is 1. The summed E-state index contributed by atoms with van der Waals surface area (Å²) in [5.74, 6) is 1.34. The molecule has 5 rings (SSSR count). The Morgan fingerprint density at radius 1 is 1.14 bits per heavy atom. The summed E-state index contributed by atoms with van der Waals surface area (Å²) in [4.78, 5) is 11.6. The number of aliphatic hydroxyl groups is 1. The number of esters is 1. The molecule has 0 saturated heterocycles. The summed E-state index contributed by atoms with van der Waals surface area (Å²) in [5.41, 5.74) is 1.69. The second-order valence-corrected chi connectivity index (χ2v) is 7.92. The molecule has 22 heavy (non-hydrogen) atoms. The zero-order valence-electron chi connectivity index (χ0n) is 13.3. The molecule has 1 aromatic rings. The van der Waals surface area contributed by atoms with Gasteiger partial charge >= 0.3 is 5.97 Å². The zero-order chi connectivity index (χ0) is 15.5. The average Bonchev–Trinajstić information content (AvgIpc) is 2.52. The maximum Gasteiger partial charge on any atom is 0.337 e. The SMILES string of the molecule is COC(=O)c1ccc(C23CC4C[C@H](C2)C(C)(O)[C@@H](C4)C3)cc1. The first kappa shape index (κ1) is 14.3. The van der Waals surface area contributed by atoms with Gasteiger partial charge in [0.15, 0.2) is 0 Å². The van der Waals surface area contributed by atoms with Crippen molar-refractivity contribution in [1.29, 1.82) is 0 Å². The van der Waals surface area contributed by atoms with Crippen LogP contribution >= 0.6 is 0 Å². The molecule has 1 aromatic carbocycles. The second-order valence-electron chi connectivity index (χ2n) is 7.92. The molecule has 4 bridgehead atoms. The van der Waals surface area contributed by atoms with Crippen LogP contribution in [-0.4, -0.2) is 23.8 Å². The first-order valence-corrected chi connectivity index (χ1v) is 8.36. The lowest BCUT2D eigenvalue weighted by atomic mass is 9.43. The van der Waals surface area contributed by atoms with E-state index in [4.69, 9.17) is 4.74 Å². The van der Waals surface area contributed by atoms with Gasteiger partial charge in [-0.2, -0.15) is 0 Å². The Kier molecular flexibility index (Phi) is 2.96. The lowest BCUT2D eigenvalue weighted by Crippen LogP contribution is -2.61. The molecule has 118 valence electrons. The molecule has 0 aliphatic heterocycles. The van der Waals surface area contributed by atoms with Crippen LogP contribution in [0, 0.1) is 17.8 Å². The van der Waals surface area contributed by atoms with Crippen LogP contribution in [0.15, 0.2) is 24.3 Å². The molecule has 4 aliphatic rings. The third-order valence-electron chi connectivity index (χ3n) is 6.76. The van der Waals surface area contributed by atoms with Gasteiger partial charge in [0.25, 0.3) is 0 Å². The van der Waals surface area contributed by atoms with Gasteiger partial charge in [-0.15, -0.1) is 0 Å². The number of ether oxygens (including phenoxy) is 1. The lowest BCUT2D eigenvalue weighted by molar-refractivity contribution is -0.170. The standard InChI is InChI=1S/C19H24O3/c1-18(21)15-7-12-8-16(18)11-19(9-12,10-15)14-5-3-13(4-6-14)17(20)22-2/h3-6,12,15-16,21H,7-11H2,1-2H3/t12?,15-,16+,18?,19?. The molecule has 4 aliphatic carbocycles. The van der Waals surface area contributed by atoms with E-state index in [2.05, 4.69) is 12.1 Å². The summed E-state index contributed by atoms with van der Waals surface area (Å²) in [6.07, 6.45) is 5.79.